The Kier molecular flexibility index (Phi) is 4.70. The Morgan fingerprint density at radius 1 is 1.28 bits per heavy atom. The second-order valence-electron chi connectivity index (χ2n) is 3.59. The highest BCUT2D eigenvalue weighted by atomic mass is 19.4. The lowest BCUT2D eigenvalue weighted by molar-refractivity contribution is -0.137. The maximum Gasteiger partial charge on any atom is 0.416 e. The predicted octanol–water partition coefficient (Wildman–Crippen LogP) is 2.74. The molecule has 0 unspecified atom stereocenters. The van der Waals surface area contributed by atoms with Gasteiger partial charge in [0.25, 0.3) is 0 Å². The summed E-state index contributed by atoms with van der Waals surface area (Å²) in [5, 5.41) is 8.87. The first-order chi connectivity index (χ1) is 8.42. The average molecular weight is 259 g/mol. The smallest absolute Gasteiger partial charge is 0.356 e. The van der Waals surface area contributed by atoms with Crippen molar-refractivity contribution in [2.75, 3.05) is 14.2 Å². The van der Waals surface area contributed by atoms with E-state index in [0.717, 1.165) is 12.1 Å². The number of ether oxygens (including phenoxy) is 2. The number of alkyl halides is 3. The molecule has 0 aliphatic heterocycles. The molecule has 0 aliphatic rings. The highest BCUT2D eigenvalue weighted by Gasteiger charge is 2.31. The van der Waals surface area contributed by atoms with E-state index in [2.05, 4.69) is 0 Å². The van der Waals surface area contributed by atoms with Crippen LogP contribution in [-0.4, -0.2) is 20.5 Å². The van der Waals surface area contributed by atoms with Gasteiger partial charge < -0.3 is 9.47 Å². The first-order valence-corrected chi connectivity index (χ1v) is 5.08. The van der Waals surface area contributed by atoms with Gasteiger partial charge in [0.05, 0.1) is 17.2 Å². The Balaban J connectivity index is 3.05. The molecule has 1 aromatic carbocycles. The zero-order valence-corrected chi connectivity index (χ0v) is 9.91. The number of nitrogens with zero attached hydrogens (tertiary/aromatic N) is 1. The summed E-state index contributed by atoms with van der Waals surface area (Å²) in [5.41, 5.74) is -0.405. The molecule has 6 heteroatoms. The molecular weight excluding hydrogens is 247 g/mol. The van der Waals surface area contributed by atoms with Crippen LogP contribution in [0.3, 0.4) is 0 Å². The number of benzene rings is 1. The van der Waals surface area contributed by atoms with E-state index in [1.807, 2.05) is 0 Å². The summed E-state index contributed by atoms with van der Waals surface area (Å²) >= 11 is 0. The number of hydrogen-bond acceptors (Lipinski definition) is 3. The molecule has 1 aromatic rings. The minimum atomic E-state index is -4.45. The fourth-order valence-corrected chi connectivity index (χ4v) is 1.48. The zero-order chi connectivity index (χ0) is 13.8. The van der Waals surface area contributed by atoms with Crippen LogP contribution in [0.25, 0.3) is 0 Å². The molecule has 0 saturated heterocycles. The fraction of sp³-hybridized carbons (Fsp3) is 0.417. The maximum atomic E-state index is 12.5. The van der Waals surface area contributed by atoms with Crippen molar-refractivity contribution in [1.29, 1.82) is 5.26 Å². The molecule has 0 aromatic heterocycles. The van der Waals surface area contributed by atoms with Crippen LogP contribution in [0.15, 0.2) is 18.2 Å². The number of nitriles is 1. The molecular formula is C12H12F3NO2. The number of rotatable bonds is 4. The summed E-state index contributed by atoms with van der Waals surface area (Å²) < 4.78 is 47.3. The fourth-order valence-electron chi connectivity index (χ4n) is 1.48. The van der Waals surface area contributed by atoms with E-state index >= 15 is 0 Å². The minimum Gasteiger partial charge on any atom is -0.356 e. The zero-order valence-electron chi connectivity index (χ0n) is 9.91. The number of methoxy groups -OCH3 is 2. The molecule has 18 heavy (non-hydrogen) atoms. The third-order valence-corrected chi connectivity index (χ3v) is 2.47. The van der Waals surface area contributed by atoms with E-state index in [-0.39, 0.29) is 12.0 Å². The summed E-state index contributed by atoms with van der Waals surface area (Å²) in [5.74, 6) is 0. The SMILES string of the molecule is COC(Cc1ccc(C(F)(F)F)cc1C#N)OC. The molecule has 0 heterocycles. The van der Waals surface area contributed by atoms with Crippen LogP contribution >= 0.6 is 0 Å². The molecule has 0 amide bonds. The van der Waals surface area contributed by atoms with Crippen molar-refractivity contribution in [1.82, 2.24) is 0 Å². The van der Waals surface area contributed by atoms with E-state index < -0.39 is 18.0 Å². The van der Waals surface area contributed by atoms with Crippen LogP contribution in [-0.2, 0) is 22.1 Å². The van der Waals surface area contributed by atoms with Crippen LogP contribution < -0.4 is 0 Å². The van der Waals surface area contributed by atoms with E-state index in [9.17, 15) is 13.2 Å². The summed E-state index contributed by atoms with van der Waals surface area (Å²) in [4.78, 5) is 0. The summed E-state index contributed by atoms with van der Waals surface area (Å²) in [7, 11) is 2.84. The molecule has 0 N–H and O–H groups in total. The van der Waals surface area contributed by atoms with Crippen molar-refractivity contribution in [3.8, 4) is 6.07 Å². The molecule has 0 atom stereocenters. The van der Waals surface area contributed by atoms with E-state index in [1.54, 1.807) is 6.07 Å². The van der Waals surface area contributed by atoms with Crippen LogP contribution in [0.5, 0.6) is 0 Å². The third kappa shape index (κ3) is 3.45. The van der Waals surface area contributed by atoms with Gasteiger partial charge in [-0.15, -0.1) is 0 Å². The molecule has 0 spiro atoms. The Hall–Kier alpha value is -1.58. The molecule has 3 nitrogen and oxygen atoms in total. The van der Waals surface area contributed by atoms with Gasteiger partial charge in [-0.25, -0.2) is 0 Å². The Morgan fingerprint density at radius 3 is 2.33 bits per heavy atom. The first kappa shape index (κ1) is 14.5. The van der Waals surface area contributed by atoms with Gasteiger partial charge in [0.2, 0.25) is 0 Å². The highest BCUT2D eigenvalue weighted by Crippen LogP contribution is 2.30. The van der Waals surface area contributed by atoms with Crippen molar-refractivity contribution in [3.05, 3.63) is 34.9 Å². The predicted molar refractivity (Wildman–Crippen MR) is 57.7 cm³/mol. The molecule has 1 rings (SSSR count). The van der Waals surface area contributed by atoms with Gasteiger partial charge in [0.15, 0.2) is 6.29 Å². The lowest BCUT2D eigenvalue weighted by atomic mass is 10.0. The van der Waals surface area contributed by atoms with Gasteiger partial charge in [-0.05, 0) is 17.7 Å². The number of hydrogen-bond donors (Lipinski definition) is 0. The van der Waals surface area contributed by atoms with Crippen molar-refractivity contribution >= 4 is 0 Å². The van der Waals surface area contributed by atoms with Gasteiger partial charge in [-0.3, -0.25) is 0 Å². The average Bonchev–Trinajstić information content (AvgIpc) is 2.34. The highest BCUT2D eigenvalue weighted by molar-refractivity contribution is 5.41. The molecule has 0 aliphatic carbocycles. The normalized spacial score (nSPS) is 11.6. The van der Waals surface area contributed by atoms with Crippen LogP contribution in [0, 0.1) is 11.3 Å². The lowest BCUT2D eigenvalue weighted by Gasteiger charge is -2.15. The quantitative estimate of drug-likeness (QED) is 0.781. The first-order valence-electron chi connectivity index (χ1n) is 5.08. The van der Waals surface area contributed by atoms with Crippen molar-refractivity contribution < 1.29 is 22.6 Å². The molecule has 0 radical (unpaired) electrons. The van der Waals surface area contributed by atoms with Gasteiger partial charge in [-0.1, -0.05) is 6.07 Å². The molecule has 98 valence electrons. The summed E-state index contributed by atoms with van der Waals surface area (Å²) in [6, 6.07) is 4.79. The standard InChI is InChI=1S/C12H12F3NO2/c1-17-11(18-2)6-8-3-4-10(12(13,14)15)5-9(8)7-16/h3-5,11H,6H2,1-2H3. The second kappa shape index (κ2) is 5.85. The van der Waals surface area contributed by atoms with Gasteiger partial charge in [-0.2, -0.15) is 18.4 Å². The lowest BCUT2D eigenvalue weighted by Crippen LogP contribution is -2.17. The monoisotopic (exact) mass is 259 g/mol. The number of halogens is 3. The van der Waals surface area contributed by atoms with Gasteiger partial charge in [0.1, 0.15) is 0 Å². The summed E-state index contributed by atoms with van der Waals surface area (Å²) in [6.45, 7) is 0. The van der Waals surface area contributed by atoms with Crippen LogP contribution in [0.1, 0.15) is 16.7 Å². The van der Waals surface area contributed by atoms with Gasteiger partial charge >= 0.3 is 6.18 Å². The van der Waals surface area contributed by atoms with Crippen LogP contribution in [0.4, 0.5) is 13.2 Å². The summed E-state index contributed by atoms with van der Waals surface area (Å²) in [6.07, 6.45) is -4.83. The van der Waals surface area contributed by atoms with Crippen molar-refractivity contribution in [2.45, 2.75) is 18.9 Å². The Bertz CT molecular complexity index is 448. The van der Waals surface area contributed by atoms with E-state index in [4.69, 9.17) is 14.7 Å². The van der Waals surface area contributed by atoms with E-state index in [0.29, 0.717) is 5.56 Å². The van der Waals surface area contributed by atoms with Crippen LogP contribution in [0.2, 0.25) is 0 Å². The van der Waals surface area contributed by atoms with Crippen molar-refractivity contribution in [3.63, 3.8) is 0 Å². The maximum absolute atomic E-state index is 12.5. The van der Waals surface area contributed by atoms with Gasteiger partial charge in [0, 0.05) is 20.6 Å². The Morgan fingerprint density at radius 2 is 1.89 bits per heavy atom. The third-order valence-electron chi connectivity index (χ3n) is 2.47. The molecule has 0 saturated carbocycles. The Labute approximate surface area is 103 Å². The topological polar surface area (TPSA) is 42.2 Å². The second-order valence-corrected chi connectivity index (χ2v) is 3.59. The largest absolute Gasteiger partial charge is 0.416 e. The minimum absolute atomic E-state index is 0.0241. The molecule has 0 fully saturated rings. The molecule has 0 bridgehead atoms. The van der Waals surface area contributed by atoms with Crippen molar-refractivity contribution in [2.24, 2.45) is 0 Å². The van der Waals surface area contributed by atoms with E-state index in [1.165, 1.54) is 20.3 Å².